The van der Waals surface area contributed by atoms with Crippen molar-refractivity contribution in [3.05, 3.63) is 56.5 Å². The van der Waals surface area contributed by atoms with E-state index in [2.05, 4.69) is 38.8 Å². The molecule has 0 aliphatic rings. The van der Waals surface area contributed by atoms with Crippen molar-refractivity contribution in [3.63, 3.8) is 0 Å². The number of carbonyl (C=O) groups is 1. The quantitative estimate of drug-likeness (QED) is 0.456. The second-order valence-electron chi connectivity index (χ2n) is 5.21. The third kappa shape index (κ3) is 4.82. The smallest absolute Gasteiger partial charge is 0.352 e. The number of halogens is 2. The minimum absolute atomic E-state index is 0.420. The van der Waals surface area contributed by atoms with Crippen molar-refractivity contribution in [2.24, 2.45) is 0 Å². The van der Waals surface area contributed by atoms with Crippen molar-refractivity contribution < 1.29 is 14.3 Å². The zero-order chi connectivity index (χ0) is 17.0. The molecule has 0 saturated heterocycles. The Morgan fingerprint density at radius 3 is 2.52 bits per heavy atom. The molecule has 2 aromatic rings. The van der Waals surface area contributed by atoms with E-state index >= 15 is 0 Å². The third-order valence-electron chi connectivity index (χ3n) is 3.40. The summed E-state index contributed by atoms with van der Waals surface area (Å²) < 4.78 is 12.9. The zero-order valence-corrected chi connectivity index (χ0v) is 16.4. The summed E-state index contributed by atoms with van der Waals surface area (Å²) in [7, 11) is 0. The summed E-state index contributed by atoms with van der Waals surface area (Å²) in [5.41, 5.74) is 2.05. The average Bonchev–Trinajstić information content (AvgIpc) is 2.52. The first-order valence-electron chi connectivity index (χ1n) is 7.33. The summed E-state index contributed by atoms with van der Waals surface area (Å²) >= 11 is 6.79. The fourth-order valence-electron chi connectivity index (χ4n) is 1.98. The van der Waals surface area contributed by atoms with E-state index < -0.39 is 12.1 Å². The molecular weight excluding hydrogens is 424 g/mol. The summed E-state index contributed by atoms with van der Waals surface area (Å²) in [6.45, 7) is 5.65. The molecule has 2 aromatic carbocycles. The average molecular weight is 442 g/mol. The van der Waals surface area contributed by atoms with Gasteiger partial charge < -0.3 is 9.47 Å². The Bertz CT molecular complexity index is 713. The van der Waals surface area contributed by atoms with E-state index in [1.54, 1.807) is 13.0 Å². The van der Waals surface area contributed by atoms with Crippen molar-refractivity contribution >= 4 is 37.8 Å². The highest BCUT2D eigenvalue weighted by Crippen LogP contribution is 2.29. The van der Waals surface area contributed by atoms with Gasteiger partial charge >= 0.3 is 5.97 Å². The number of hydrogen-bond acceptors (Lipinski definition) is 3. The topological polar surface area (TPSA) is 35.5 Å². The van der Waals surface area contributed by atoms with Gasteiger partial charge in [0.25, 0.3) is 0 Å². The summed E-state index contributed by atoms with van der Waals surface area (Å²) in [4.78, 5) is 12.3. The Balaban J connectivity index is 2.08. The molecule has 0 heterocycles. The van der Waals surface area contributed by atoms with E-state index in [9.17, 15) is 4.79 Å². The molecule has 0 N–H and O–H groups in total. The first-order chi connectivity index (χ1) is 10.9. The number of hydrogen-bond donors (Lipinski definition) is 0. The second-order valence-corrected chi connectivity index (χ2v) is 6.98. The fourth-order valence-corrected chi connectivity index (χ4v) is 3.12. The summed E-state index contributed by atoms with van der Waals surface area (Å²) in [6, 6.07) is 11.4. The van der Waals surface area contributed by atoms with Crippen LogP contribution in [-0.2, 0) is 11.2 Å². The van der Waals surface area contributed by atoms with Gasteiger partial charge in [0.15, 0.2) is 6.10 Å². The van der Waals surface area contributed by atoms with Crippen molar-refractivity contribution in [3.8, 4) is 11.5 Å². The van der Waals surface area contributed by atoms with Crippen molar-refractivity contribution in [1.29, 1.82) is 0 Å². The number of benzene rings is 2. The Labute approximate surface area is 153 Å². The van der Waals surface area contributed by atoms with Crippen molar-refractivity contribution in [2.75, 3.05) is 0 Å². The van der Waals surface area contributed by atoms with Gasteiger partial charge in [-0.1, -0.05) is 35.0 Å². The molecule has 0 unspecified atom stereocenters. The van der Waals surface area contributed by atoms with Crippen LogP contribution in [0.4, 0.5) is 0 Å². The highest BCUT2D eigenvalue weighted by molar-refractivity contribution is 9.11. The summed E-state index contributed by atoms with van der Waals surface area (Å²) in [6.07, 6.45) is 0.181. The minimum atomic E-state index is -0.711. The largest absolute Gasteiger partial charge is 0.478 e. The molecule has 2 rings (SSSR count). The number of esters is 1. The monoisotopic (exact) mass is 440 g/mol. The van der Waals surface area contributed by atoms with E-state index in [1.165, 1.54) is 0 Å². The number of rotatable bonds is 5. The van der Waals surface area contributed by atoms with Crippen LogP contribution in [0.15, 0.2) is 45.3 Å². The van der Waals surface area contributed by atoms with Crippen LogP contribution in [-0.4, -0.2) is 12.1 Å². The summed E-state index contributed by atoms with van der Waals surface area (Å²) in [5.74, 6) is 0.757. The molecule has 0 aliphatic carbocycles. The maximum absolute atomic E-state index is 12.3. The lowest BCUT2D eigenvalue weighted by atomic mass is 10.1. The lowest BCUT2D eigenvalue weighted by Crippen LogP contribution is -2.28. The van der Waals surface area contributed by atoms with E-state index in [4.69, 9.17) is 9.47 Å². The van der Waals surface area contributed by atoms with Crippen LogP contribution in [0.1, 0.15) is 25.0 Å². The Kier molecular flexibility index (Phi) is 6.25. The highest BCUT2D eigenvalue weighted by atomic mass is 79.9. The molecule has 1 atom stereocenters. The number of ether oxygens (including phenoxy) is 2. The molecule has 0 amide bonds. The van der Waals surface area contributed by atoms with Crippen molar-refractivity contribution in [1.82, 2.24) is 0 Å². The first kappa shape index (κ1) is 18.0. The molecule has 0 saturated carbocycles. The van der Waals surface area contributed by atoms with Crippen LogP contribution < -0.4 is 9.47 Å². The van der Waals surface area contributed by atoms with Gasteiger partial charge in [-0.15, -0.1) is 0 Å². The molecule has 0 aliphatic heterocycles. The second kappa shape index (κ2) is 7.97. The molecular formula is C18H18Br2O3. The molecule has 0 spiro atoms. The van der Waals surface area contributed by atoms with Crippen LogP contribution in [0.3, 0.4) is 0 Å². The third-order valence-corrected chi connectivity index (χ3v) is 4.51. The van der Waals surface area contributed by atoms with Gasteiger partial charge in [-0.05, 0) is 71.6 Å². The van der Waals surface area contributed by atoms with Gasteiger partial charge in [0.1, 0.15) is 11.5 Å². The van der Waals surface area contributed by atoms with Crippen LogP contribution in [0.2, 0.25) is 0 Å². The van der Waals surface area contributed by atoms with E-state index in [1.807, 2.05) is 37.3 Å². The normalized spacial score (nSPS) is 11.9. The van der Waals surface area contributed by atoms with Crippen LogP contribution in [0.5, 0.6) is 11.5 Å². The first-order valence-corrected chi connectivity index (χ1v) is 8.92. The van der Waals surface area contributed by atoms with Gasteiger partial charge in [0.2, 0.25) is 0 Å². The zero-order valence-electron chi connectivity index (χ0n) is 13.2. The molecule has 0 fully saturated rings. The molecule has 0 radical (unpaired) electrons. The molecule has 0 bridgehead atoms. The number of carbonyl (C=O) groups excluding carboxylic acids is 1. The molecule has 122 valence electrons. The van der Waals surface area contributed by atoms with E-state index in [0.717, 1.165) is 26.5 Å². The Morgan fingerprint density at radius 2 is 1.87 bits per heavy atom. The van der Waals surface area contributed by atoms with E-state index in [-0.39, 0.29) is 0 Å². The van der Waals surface area contributed by atoms with Crippen molar-refractivity contribution in [2.45, 2.75) is 33.3 Å². The van der Waals surface area contributed by atoms with Crippen LogP contribution in [0.25, 0.3) is 0 Å². The van der Waals surface area contributed by atoms with Crippen LogP contribution >= 0.6 is 31.9 Å². The molecule has 0 aromatic heterocycles. The van der Waals surface area contributed by atoms with Gasteiger partial charge in [0, 0.05) is 4.47 Å². The molecule has 23 heavy (non-hydrogen) atoms. The Hall–Kier alpha value is -1.33. The highest BCUT2D eigenvalue weighted by Gasteiger charge is 2.19. The van der Waals surface area contributed by atoms with Gasteiger partial charge in [-0.3, -0.25) is 0 Å². The predicted octanol–water partition coefficient (Wildman–Crippen LogP) is 5.46. The van der Waals surface area contributed by atoms with Crippen LogP contribution in [0, 0.1) is 6.92 Å². The minimum Gasteiger partial charge on any atom is -0.478 e. The van der Waals surface area contributed by atoms with Gasteiger partial charge in [-0.25, -0.2) is 4.79 Å². The van der Waals surface area contributed by atoms with Gasteiger partial charge in [0.05, 0.1) is 4.47 Å². The predicted molar refractivity (Wildman–Crippen MR) is 98.1 cm³/mol. The maximum atomic E-state index is 12.3. The lowest BCUT2D eigenvalue weighted by molar-refractivity contribution is -0.141. The van der Waals surface area contributed by atoms with E-state index in [0.29, 0.717) is 11.5 Å². The Morgan fingerprint density at radius 1 is 1.13 bits per heavy atom. The maximum Gasteiger partial charge on any atom is 0.352 e. The molecule has 3 nitrogen and oxygen atoms in total. The van der Waals surface area contributed by atoms with Gasteiger partial charge in [-0.2, -0.15) is 0 Å². The SMILES string of the molecule is CCc1ccc(C)c(OC(=O)[C@@H](C)Oc2ccc(Br)cc2Br)c1. The standard InChI is InChI=1S/C18H18Br2O3/c1-4-13-6-5-11(2)17(9-13)23-18(21)12(3)22-16-8-7-14(19)10-15(16)20/h5-10,12H,4H2,1-3H3/t12-/m1/s1. The fraction of sp³-hybridized carbons (Fsp3) is 0.278. The number of aryl methyl sites for hydroxylation is 2. The lowest BCUT2D eigenvalue weighted by Gasteiger charge is -2.16. The summed E-state index contributed by atoms with van der Waals surface area (Å²) in [5, 5.41) is 0. The molecule has 5 heteroatoms.